The molecular weight excluding hydrogens is 312 g/mol. The van der Waals surface area contributed by atoms with Crippen LogP contribution in [0.15, 0.2) is 17.3 Å². The summed E-state index contributed by atoms with van der Waals surface area (Å²) in [6.45, 7) is 3.96. The average Bonchev–Trinajstić information content (AvgIpc) is 3.10. The summed E-state index contributed by atoms with van der Waals surface area (Å²) in [6.07, 6.45) is 0.632. The number of carbonyl (C=O) groups excluding carboxylic acids is 1. The van der Waals surface area contributed by atoms with E-state index >= 15 is 0 Å². The molecule has 0 aromatic heterocycles. The Balaban J connectivity index is 2.17. The van der Waals surface area contributed by atoms with Crippen molar-refractivity contribution < 1.29 is 23.8 Å². The Labute approximate surface area is 141 Å². The summed E-state index contributed by atoms with van der Waals surface area (Å²) in [4.78, 5) is 17.5. The van der Waals surface area contributed by atoms with Crippen LogP contribution in [0.25, 0.3) is 0 Å². The molecule has 132 valence electrons. The summed E-state index contributed by atoms with van der Waals surface area (Å²) in [7, 11) is 4.65. The standard InChI is InChI=1S/C17H24N2O5/c1-6-10(2)18-17(20)15-9-12(19-24-15)11-7-13(21-3)16(23-5)14(8-11)22-4/h7-8,10,15H,6,9H2,1-5H3,(H,18,20)/t10-,15-/m0/s1. The Kier molecular flexibility index (Phi) is 5.89. The maximum absolute atomic E-state index is 12.2. The molecule has 1 heterocycles. The lowest BCUT2D eigenvalue weighted by Crippen LogP contribution is -2.39. The van der Waals surface area contributed by atoms with Crippen molar-refractivity contribution in [1.29, 1.82) is 0 Å². The number of amides is 1. The van der Waals surface area contributed by atoms with E-state index < -0.39 is 6.10 Å². The highest BCUT2D eigenvalue weighted by atomic mass is 16.6. The van der Waals surface area contributed by atoms with Crippen molar-refractivity contribution in [2.24, 2.45) is 5.16 Å². The predicted octanol–water partition coefficient (Wildman–Crippen LogP) is 2.12. The van der Waals surface area contributed by atoms with Gasteiger partial charge in [0.15, 0.2) is 11.5 Å². The van der Waals surface area contributed by atoms with Crippen molar-refractivity contribution in [1.82, 2.24) is 5.32 Å². The third-order valence-electron chi connectivity index (χ3n) is 3.96. The van der Waals surface area contributed by atoms with Gasteiger partial charge < -0.3 is 24.4 Å². The third kappa shape index (κ3) is 3.72. The maximum atomic E-state index is 12.2. The van der Waals surface area contributed by atoms with Gasteiger partial charge >= 0.3 is 0 Å². The van der Waals surface area contributed by atoms with Crippen LogP contribution < -0.4 is 19.5 Å². The predicted molar refractivity (Wildman–Crippen MR) is 90.0 cm³/mol. The van der Waals surface area contributed by atoms with E-state index in [0.717, 1.165) is 12.0 Å². The summed E-state index contributed by atoms with van der Waals surface area (Å²) >= 11 is 0. The first-order valence-corrected chi connectivity index (χ1v) is 7.87. The molecule has 2 rings (SSSR count). The van der Waals surface area contributed by atoms with Crippen LogP contribution in [-0.2, 0) is 9.63 Å². The highest BCUT2D eigenvalue weighted by Crippen LogP contribution is 2.39. The number of carbonyl (C=O) groups is 1. The van der Waals surface area contributed by atoms with Gasteiger partial charge in [-0.15, -0.1) is 0 Å². The molecule has 0 fully saturated rings. The molecule has 0 spiro atoms. The highest BCUT2D eigenvalue weighted by Gasteiger charge is 2.30. The molecule has 0 radical (unpaired) electrons. The van der Waals surface area contributed by atoms with Gasteiger partial charge in [-0.25, -0.2) is 0 Å². The lowest BCUT2D eigenvalue weighted by atomic mass is 10.0. The van der Waals surface area contributed by atoms with E-state index in [1.54, 1.807) is 33.5 Å². The zero-order valence-corrected chi connectivity index (χ0v) is 14.7. The fraction of sp³-hybridized carbons (Fsp3) is 0.529. The minimum absolute atomic E-state index is 0.103. The minimum atomic E-state index is -0.618. The molecule has 1 aromatic carbocycles. The van der Waals surface area contributed by atoms with E-state index in [-0.39, 0.29) is 11.9 Å². The van der Waals surface area contributed by atoms with E-state index in [4.69, 9.17) is 19.0 Å². The fourth-order valence-electron chi connectivity index (χ4n) is 2.37. The molecule has 1 N–H and O–H groups in total. The van der Waals surface area contributed by atoms with Gasteiger partial charge in [0.1, 0.15) is 0 Å². The second-order valence-electron chi connectivity index (χ2n) is 5.57. The number of oxime groups is 1. The number of benzene rings is 1. The van der Waals surface area contributed by atoms with Gasteiger partial charge in [-0.1, -0.05) is 12.1 Å². The number of nitrogens with one attached hydrogen (secondary N) is 1. The molecule has 7 heteroatoms. The van der Waals surface area contributed by atoms with Crippen LogP contribution in [0, 0.1) is 0 Å². The SMILES string of the molecule is CC[C@H](C)NC(=O)[C@@H]1CC(c2cc(OC)c(OC)c(OC)c2)=NO1. The van der Waals surface area contributed by atoms with Crippen LogP contribution in [0.4, 0.5) is 0 Å². The Bertz CT molecular complexity index is 604. The lowest BCUT2D eigenvalue weighted by Gasteiger charge is -2.15. The summed E-state index contributed by atoms with van der Waals surface area (Å²) in [5.41, 5.74) is 1.43. The quantitative estimate of drug-likeness (QED) is 0.825. The van der Waals surface area contributed by atoms with E-state index in [9.17, 15) is 4.79 Å². The lowest BCUT2D eigenvalue weighted by molar-refractivity contribution is -0.131. The maximum Gasteiger partial charge on any atom is 0.264 e. The first kappa shape index (κ1) is 17.9. The molecule has 1 aliphatic rings. The zero-order valence-electron chi connectivity index (χ0n) is 14.7. The molecule has 1 aliphatic heterocycles. The Morgan fingerprint density at radius 1 is 1.29 bits per heavy atom. The topological polar surface area (TPSA) is 78.4 Å². The molecule has 0 bridgehead atoms. The van der Waals surface area contributed by atoms with Gasteiger partial charge in [0.05, 0.1) is 27.0 Å². The van der Waals surface area contributed by atoms with E-state index in [0.29, 0.717) is 29.4 Å². The molecule has 2 atom stereocenters. The van der Waals surface area contributed by atoms with Crippen LogP contribution in [0.1, 0.15) is 32.3 Å². The van der Waals surface area contributed by atoms with Crippen molar-refractivity contribution in [3.05, 3.63) is 17.7 Å². The molecule has 24 heavy (non-hydrogen) atoms. The summed E-state index contributed by atoms with van der Waals surface area (Å²) in [6, 6.07) is 3.68. The third-order valence-corrected chi connectivity index (χ3v) is 3.96. The average molecular weight is 336 g/mol. The number of nitrogens with zero attached hydrogens (tertiary/aromatic N) is 1. The number of rotatable bonds is 7. The number of hydrogen-bond donors (Lipinski definition) is 1. The fourth-order valence-corrected chi connectivity index (χ4v) is 2.37. The van der Waals surface area contributed by atoms with Gasteiger partial charge in [-0.2, -0.15) is 0 Å². The van der Waals surface area contributed by atoms with Gasteiger partial charge in [0, 0.05) is 18.0 Å². The van der Waals surface area contributed by atoms with Crippen LogP contribution in [0.5, 0.6) is 17.2 Å². The van der Waals surface area contributed by atoms with Crippen LogP contribution in [0.2, 0.25) is 0 Å². The number of ether oxygens (including phenoxy) is 3. The van der Waals surface area contributed by atoms with Crippen LogP contribution >= 0.6 is 0 Å². The molecule has 0 unspecified atom stereocenters. The van der Waals surface area contributed by atoms with E-state index in [1.165, 1.54) is 0 Å². The molecular formula is C17H24N2O5. The van der Waals surface area contributed by atoms with Gasteiger partial charge in [0.25, 0.3) is 5.91 Å². The van der Waals surface area contributed by atoms with Crippen molar-refractivity contribution in [2.45, 2.75) is 38.8 Å². The highest BCUT2D eigenvalue weighted by molar-refractivity contribution is 6.04. The molecule has 0 saturated heterocycles. The molecule has 7 nitrogen and oxygen atoms in total. The molecule has 0 saturated carbocycles. The normalized spacial score (nSPS) is 17.5. The second-order valence-corrected chi connectivity index (χ2v) is 5.57. The van der Waals surface area contributed by atoms with Crippen LogP contribution in [-0.4, -0.2) is 45.1 Å². The monoisotopic (exact) mass is 336 g/mol. The second kappa shape index (κ2) is 7.90. The van der Waals surface area contributed by atoms with Crippen molar-refractivity contribution in [3.8, 4) is 17.2 Å². The van der Waals surface area contributed by atoms with Crippen molar-refractivity contribution >= 4 is 11.6 Å². The summed E-state index contributed by atoms with van der Waals surface area (Å²) in [5, 5.41) is 6.95. The molecule has 1 aromatic rings. The smallest absolute Gasteiger partial charge is 0.264 e. The van der Waals surface area contributed by atoms with Gasteiger partial charge in [-0.3, -0.25) is 4.79 Å². The first-order chi connectivity index (χ1) is 11.5. The van der Waals surface area contributed by atoms with E-state index in [1.807, 2.05) is 13.8 Å². The zero-order chi connectivity index (χ0) is 17.7. The molecule has 1 amide bonds. The van der Waals surface area contributed by atoms with Gasteiger partial charge in [0.2, 0.25) is 11.9 Å². The summed E-state index contributed by atoms with van der Waals surface area (Å²) in [5.74, 6) is 1.41. The van der Waals surface area contributed by atoms with Crippen molar-refractivity contribution in [3.63, 3.8) is 0 Å². The molecule has 0 aliphatic carbocycles. The Morgan fingerprint density at radius 2 is 1.92 bits per heavy atom. The Morgan fingerprint density at radius 3 is 2.42 bits per heavy atom. The number of methoxy groups -OCH3 is 3. The van der Waals surface area contributed by atoms with E-state index in [2.05, 4.69) is 10.5 Å². The number of hydrogen-bond acceptors (Lipinski definition) is 6. The van der Waals surface area contributed by atoms with Crippen molar-refractivity contribution in [2.75, 3.05) is 21.3 Å². The largest absolute Gasteiger partial charge is 0.493 e. The first-order valence-electron chi connectivity index (χ1n) is 7.87. The van der Waals surface area contributed by atoms with Crippen LogP contribution in [0.3, 0.4) is 0 Å². The Hall–Kier alpha value is -2.44. The minimum Gasteiger partial charge on any atom is -0.493 e. The van der Waals surface area contributed by atoms with Gasteiger partial charge in [-0.05, 0) is 25.5 Å². The summed E-state index contributed by atoms with van der Waals surface area (Å²) < 4.78 is 16.0.